The van der Waals surface area contributed by atoms with Crippen molar-refractivity contribution >= 4 is 17.0 Å². The number of hydrogen-bond acceptors (Lipinski definition) is 9. The van der Waals surface area contributed by atoms with Gasteiger partial charge in [0.2, 0.25) is 0 Å². The summed E-state index contributed by atoms with van der Waals surface area (Å²) in [5.41, 5.74) is 2.22. The van der Waals surface area contributed by atoms with E-state index in [9.17, 15) is 15.3 Å². The molecule has 0 unspecified atom stereocenters. The maximum atomic E-state index is 9.81. The molecule has 4 atom stereocenters. The fourth-order valence-electron chi connectivity index (χ4n) is 2.42. The highest BCUT2D eigenvalue weighted by molar-refractivity contribution is 5.81. The maximum absolute atomic E-state index is 9.81. The fraction of sp³-hybridized carbons (Fsp3) is 0.533. The first-order valence-electron chi connectivity index (χ1n) is 7.87. The summed E-state index contributed by atoms with van der Waals surface area (Å²) in [7, 11) is 0. The molecule has 1 fully saturated rings. The molecule has 5 N–H and O–H groups in total. The molecule has 2 aromatic heterocycles. The van der Waals surface area contributed by atoms with E-state index in [4.69, 9.17) is 9.47 Å². The van der Waals surface area contributed by atoms with Crippen molar-refractivity contribution in [2.75, 3.05) is 25.1 Å². The molecule has 0 bridgehead atoms. The molecule has 0 aliphatic carbocycles. The average Bonchev–Trinajstić information content (AvgIpc) is 3.09. The number of H-pyrrole nitrogens is 1. The largest absolute Gasteiger partial charge is 0.388 e. The van der Waals surface area contributed by atoms with Gasteiger partial charge >= 0.3 is 0 Å². The molecule has 0 saturated carbocycles. The van der Waals surface area contributed by atoms with Crippen LogP contribution < -0.4 is 5.32 Å². The summed E-state index contributed by atoms with van der Waals surface area (Å²) < 4.78 is 10.6. The third-order valence-electron chi connectivity index (χ3n) is 3.87. The van der Waals surface area contributed by atoms with Crippen molar-refractivity contribution in [3.05, 3.63) is 24.3 Å². The van der Waals surface area contributed by atoms with E-state index in [0.717, 1.165) is 11.1 Å². The van der Waals surface area contributed by atoms with Gasteiger partial charge in [-0.15, -0.1) is 0 Å². The van der Waals surface area contributed by atoms with Crippen LogP contribution in [0.1, 0.15) is 6.92 Å². The Labute approximate surface area is 143 Å². The predicted octanol–water partition coefficient (Wildman–Crippen LogP) is -0.833. The molecule has 1 aliphatic heterocycles. The lowest BCUT2D eigenvalue weighted by Gasteiger charge is -2.34. The Morgan fingerprint density at radius 2 is 2.20 bits per heavy atom. The van der Waals surface area contributed by atoms with Gasteiger partial charge in [0.15, 0.2) is 17.8 Å². The average molecular weight is 351 g/mol. The molecule has 25 heavy (non-hydrogen) atoms. The van der Waals surface area contributed by atoms with Gasteiger partial charge in [-0.05, 0) is 12.5 Å². The van der Waals surface area contributed by atoms with Gasteiger partial charge in [-0.2, -0.15) is 0 Å². The number of aliphatic hydroxyl groups is 3. The molecule has 1 saturated heterocycles. The number of hydrogen-bond donors (Lipinski definition) is 5. The normalized spacial score (nSPS) is 27.6. The first kappa shape index (κ1) is 17.7. The number of aromatic amines is 1. The van der Waals surface area contributed by atoms with E-state index in [-0.39, 0.29) is 13.2 Å². The number of rotatable bonds is 6. The number of aliphatic hydroxyl groups excluding tert-OH is 3. The summed E-state index contributed by atoms with van der Waals surface area (Å²) in [5.74, 6) is 0.649. The van der Waals surface area contributed by atoms with Crippen LogP contribution in [0, 0.1) is 0 Å². The molecule has 136 valence electrons. The summed E-state index contributed by atoms with van der Waals surface area (Å²) in [4.78, 5) is 15.2. The van der Waals surface area contributed by atoms with Crippen LogP contribution in [0.15, 0.2) is 24.3 Å². The van der Waals surface area contributed by atoms with Crippen molar-refractivity contribution in [3.8, 4) is 0 Å². The van der Waals surface area contributed by atoms with E-state index in [0.29, 0.717) is 18.0 Å². The van der Waals surface area contributed by atoms with Gasteiger partial charge in [-0.1, -0.05) is 6.08 Å². The van der Waals surface area contributed by atoms with E-state index < -0.39 is 24.6 Å². The molecule has 2 aromatic rings. The SMILES string of the molecule is C/C(=C/CNc1ncnc2nc[nH]c12)CO[C@@H]1OC[C@@H](O)[C@H](O)[C@H]1O. The molecular formula is C15H21N5O5. The minimum Gasteiger partial charge on any atom is -0.388 e. The molecule has 0 aromatic carbocycles. The van der Waals surface area contributed by atoms with E-state index in [2.05, 4.69) is 25.3 Å². The van der Waals surface area contributed by atoms with Crippen molar-refractivity contribution in [1.82, 2.24) is 19.9 Å². The smallest absolute Gasteiger partial charge is 0.186 e. The van der Waals surface area contributed by atoms with E-state index in [1.807, 2.05) is 13.0 Å². The van der Waals surface area contributed by atoms with Gasteiger partial charge in [-0.3, -0.25) is 0 Å². The zero-order chi connectivity index (χ0) is 17.8. The number of imidazole rings is 1. The highest BCUT2D eigenvalue weighted by atomic mass is 16.7. The first-order valence-corrected chi connectivity index (χ1v) is 7.87. The van der Waals surface area contributed by atoms with Crippen molar-refractivity contribution in [1.29, 1.82) is 0 Å². The van der Waals surface area contributed by atoms with Crippen molar-refractivity contribution in [2.45, 2.75) is 31.5 Å². The standard InChI is InChI=1S/C15H21N5O5/c1-8(4-24-15-12(23)11(22)9(21)5-25-15)2-3-16-13-10-14(18-6-17-10)20-7-19-13/h2,6-7,9,11-12,15,21-23H,3-5H2,1H3,(H2,16,17,18,19,20)/b8-2-/t9-,11+,12-,15-/m1/s1. The third-order valence-corrected chi connectivity index (χ3v) is 3.87. The van der Waals surface area contributed by atoms with Gasteiger partial charge in [0.1, 0.15) is 30.2 Å². The number of fused-ring (bicyclic) bond motifs is 1. The fourth-order valence-corrected chi connectivity index (χ4v) is 2.42. The van der Waals surface area contributed by atoms with Crippen LogP contribution >= 0.6 is 0 Å². The van der Waals surface area contributed by atoms with E-state index >= 15 is 0 Å². The molecule has 1 aliphatic rings. The van der Waals surface area contributed by atoms with Gasteiger partial charge < -0.3 is 35.1 Å². The van der Waals surface area contributed by atoms with Gasteiger partial charge in [0, 0.05) is 6.54 Å². The summed E-state index contributed by atoms with van der Waals surface area (Å²) in [6, 6.07) is 0. The second kappa shape index (κ2) is 7.85. The Bertz CT molecular complexity index is 736. The van der Waals surface area contributed by atoms with Crippen LogP contribution in [-0.4, -0.2) is 79.6 Å². The topological polar surface area (TPSA) is 146 Å². The molecule has 10 heteroatoms. The van der Waals surface area contributed by atoms with Gasteiger partial charge in [-0.25, -0.2) is 15.0 Å². The second-order valence-corrected chi connectivity index (χ2v) is 5.82. The van der Waals surface area contributed by atoms with E-state index in [1.165, 1.54) is 6.33 Å². The molecule has 10 nitrogen and oxygen atoms in total. The molecule has 0 radical (unpaired) electrons. The monoisotopic (exact) mass is 351 g/mol. The zero-order valence-electron chi connectivity index (χ0n) is 13.7. The Hall–Kier alpha value is -2.11. The third kappa shape index (κ3) is 4.11. The van der Waals surface area contributed by atoms with E-state index in [1.54, 1.807) is 6.33 Å². The quantitative estimate of drug-likeness (QED) is 0.421. The van der Waals surface area contributed by atoms with Crippen molar-refractivity contribution in [3.63, 3.8) is 0 Å². The van der Waals surface area contributed by atoms with Crippen LogP contribution in [0.3, 0.4) is 0 Å². The minimum absolute atomic E-state index is 0.0822. The Morgan fingerprint density at radius 1 is 1.36 bits per heavy atom. The van der Waals surface area contributed by atoms with Crippen LogP contribution in [-0.2, 0) is 9.47 Å². The Kier molecular flexibility index (Phi) is 5.56. The zero-order valence-corrected chi connectivity index (χ0v) is 13.7. The highest BCUT2D eigenvalue weighted by Crippen LogP contribution is 2.17. The van der Waals surface area contributed by atoms with Crippen LogP contribution in [0.25, 0.3) is 11.2 Å². The summed E-state index contributed by atoms with van der Waals surface area (Å²) >= 11 is 0. The minimum atomic E-state index is -1.29. The number of aromatic nitrogens is 4. The maximum Gasteiger partial charge on any atom is 0.186 e. The number of anilines is 1. The summed E-state index contributed by atoms with van der Waals surface area (Å²) in [6.45, 7) is 2.51. The molecule has 3 heterocycles. The number of nitrogens with zero attached hydrogens (tertiary/aromatic N) is 3. The molecule has 0 amide bonds. The van der Waals surface area contributed by atoms with Gasteiger partial charge in [0.05, 0.1) is 19.5 Å². The molecule has 0 spiro atoms. The lowest BCUT2D eigenvalue weighted by molar-refractivity contribution is -0.267. The number of ether oxygens (including phenoxy) is 2. The highest BCUT2D eigenvalue weighted by Gasteiger charge is 2.38. The predicted molar refractivity (Wildman–Crippen MR) is 87.6 cm³/mol. The second-order valence-electron chi connectivity index (χ2n) is 5.82. The Balaban J connectivity index is 1.48. The van der Waals surface area contributed by atoms with Gasteiger partial charge in [0.25, 0.3) is 0 Å². The van der Waals surface area contributed by atoms with Crippen molar-refractivity contribution < 1.29 is 24.8 Å². The molecular weight excluding hydrogens is 330 g/mol. The summed E-state index contributed by atoms with van der Waals surface area (Å²) in [5, 5.41) is 32.0. The lowest BCUT2D eigenvalue weighted by atomic mass is 10.1. The molecule has 3 rings (SSSR count). The van der Waals surface area contributed by atoms with Crippen LogP contribution in [0.5, 0.6) is 0 Å². The Morgan fingerprint density at radius 3 is 3.04 bits per heavy atom. The summed E-state index contributed by atoms with van der Waals surface area (Å²) in [6.07, 6.45) is 0.255. The van der Waals surface area contributed by atoms with Crippen LogP contribution in [0.2, 0.25) is 0 Å². The number of nitrogens with one attached hydrogen (secondary N) is 2. The van der Waals surface area contributed by atoms with Crippen LogP contribution in [0.4, 0.5) is 5.82 Å². The van der Waals surface area contributed by atoms with Crippen molar-refractivity contribution in [2.24, 2.45) is 0 Å². The lowest BCUT2D eigenvalue weighted by Crippen LogP contribution is -2.53. The first-order chi connectivity index (χ1) is 12.1.